The number of ether oxygens (including phenoxy) is 2. The molecule has 1 amide bonds. The normalized spacial score (nSPS) is 12.0. The van der Waals surface area contributed by atoms with E-state index >= 15 is 0 Å². The Bertz CT molecular complexity index is 1200. The molecule has 9 heteroatoms. The highest BCUT2D eigenvalue weighted by Crippen LogP contribution is 2.26. The van der Waals surface area contributed by atoms with Crippen molar-refractivity contribution in [2.75, 3.05) is 24.6 Å². The molecule has 34 heavy (non-hydrogen) atoms. The zero-order chi connectivity index (χ0) is 24.7. The second-order valence-electron chi connectivity index (χ2n) is 7.45. The molecule has 0 fully saturated rings. The Morgan fingerprint density at radius 2 is 1.56 bits per heavy atom. The minimum atomic E-state index is -4.15. The van der Waals surface area contributed by atoms with Gasteiger partial charge in [0.15, 0.2) is 0 Å². The van der Waals surface area contributed by atoms with Crippen LogP contribution in [-0.4, -0.2) is 34.6 Å². The lowest BCUT2D eigenvalue weighted by molar-refractivity contribution is -0.120. The van der Waals surface area contributed by atoms with Gasteiger partial charge in [0.1, 0.15) is 23.9 Å². The van der Waals surface area contributed by atoms with Gasteiger partial charge >= 0.3 is 0 Å². The highest BCUT2D eigenvalue weighted by molar-refractivity contribution is 7.92. The van der Waals surface area contributed by atoms with Crippen molar-refractivity contribution < 1.29 is 27.1 Å². The fraction of sp³-hybridized carbons (Fsp3) is 0.240. The van der Waals surface area contributed by atoms with E-state index in [0.717, 1.165) is 22.0 Å². The van der Waals surface area contributed by atoms with Crippen LogP contribution in [-0.2, 0) is 14.8 Å². The molecule has 0 aromatic heterocycles. The summed E-state index contributed by atoms with van der Waals surface area (Å²) in [6, 6.07) is 17.7. The maximum absolute atomic E-state index is 13.4. The SMILES string of the molecule is CCOc1ccc(N(CC(=O)N[C@@H](C)c2ccc(OC)cc2)S(=O)(=O)c2ccc(F)cc2)cc1. The summed E-state index contributed by atoms with van der Waals surface area (Å²) in [7, 11) is -2.59. The molecule has 0 spiro atoms. The zero-order valence-corrected chi connectivity index (χ0v) is 20.0. The lowest BCUT2D eigenvalue weighted by atomic mass is 10.1. The Labute approximate surface area is 199 Å². The Morgan fingerprint density at radius 1 is 0.971 bits per heavy atom. The van der Waals surface area contributed by atoms with E-state index in [-0.39, 0.29) is 16.6 Å². The fourth-order valence-electron chi connectivity index (χ4n) is 3.32. The minimum absolute atomic E-state index is 0.126. The molecule has 0 aliphatic heterocycles. The molecule has 0 unspecified atom stereocenters. The Hall–Kier alpha value is -3.59. The predicted molar refractivity (Wildman–Crippen MR) is 128 cm³/mol. The molecule has 180 valence electrons. The first kappa shape index (κ1) is 25.0. The van der Waals surface area contributed by atoms with E-state index in [1.165, 1.54) is 12.1 Å². The molecular formula is C25H27FN2O5S. The lowest BCUT2D eigenvalue weighted by Crippen LogP contribution is -2.41. The summed E-state index contributed by atoms with van der Waals surface area (Å²) in [6.07, 6.45) is 0. The van der Waals surface area contributed by atoms with Gasteiger partial charge < -0.3 is 14.8 Å². The maximum atomic E-state index is 13.4. The number of hydrogen-bond donors (Lipinski definition) is 1. The molecule has 3 aromatic carbocycles. The van der Waals surface area contributed by atoms with E-state index in [4.69, 9.17) is 9.47 Å². The van der Waals surface area contributed by atoms with E-state index in [1.54, 1.807) is 50.4 Å². The van der Waals surface area contributed by atoms with E-state index in [1.807, 2.05) is 19.1 Å². The Kier molecular flexibility index (Phi) is 8.12. The Morgan fingerprint density at radius 3 is 2.12 bits per heavy atom. The lowest BCUT2D eigenvalue weighted by Gasteiger charge is -2.25. The zero-order valence-electron chi connectivity index (χ0n) is 19.2. The van der Waals surface area contributed by atoms with Crippen molar-refractivity contribution in [3.63, 3.8) is 0 Å². The van der Waals surface area contributed by atoms with E-state index < -0.39 is 28.3 Å². The summed E-state index contributed by atoms with van der Waals surface area (Å²) in [5.41, 5.74) is 1.11. The summed E-state index contributed by atoms with van der Waals surface area (Å²) in [5, 5.41) is 2.83. The standard InChI is InChI=1S/C25H27FN2O5S/c1-4-33-23-13-9-21(10-14-23)28(34(30,31)24-15-7-20(26)8-16-24)17-25(29)27-18(2)19-5-11-22(32-3)12-6-19/h5-16,18H,4,17H2,1-3H3,(H,27,29)/t18-/m0/s1. The molecular weight excluding hydrogens is 459 g/mol. The van der Waals surface area contributed by atoms with Crippen LogP contribution in [0.4, 0.5) is 10.1 Å². The number of hydrogen-bond acceptors (Lipinski definition) is 5. The quantitative estimate of drug-likeness (QED) is 0.462. The molecule has 0 saturated heterocycles. The van der Waals surface area contributed by atoms with Crippen LogP contribution in [0, 0.1) is 5.82 Å². The first-order valence-electron chi connectivity index (χ1n) is 10.7. The maximum Gasteiger partial charge on any atom is 0.264 e. The van der Waals surface area contributed by atoms with Crippen LogP contribution in [0.3, 0.4) is 0 Å². The van der Waals surface area contributed by atoms with Gasteiger partial charge in [-0.2, -0.15) is 0 Å². The summed E-state index contributed by atoms with van der Waals surface area (Å²) >= 11 is 0. The summed E-state index contributed by atoms with van der Waals surface area (Å²) in [6.45, 7) is 3.64. The van der Waals surface area contributed by atoms with Crippen LogP contribution in [0.15, 0.2) is 77.7 Å². The largest absolute Gasteiger partial charge is 0.497 e. The molecule has 0 heterocycles. The van der Waals surface area contributed by atoms with Crippen LogP contribution in [0.5, 0.6) is 11.5 Å². The van der Waals surface area contributed by atoms with Crippen LogP contribution >= 0.6 is 0 Å². The second kappa shape index (κ2) is 11.0. The number of sulfonamides is 1. The van der Waals surface area contributed by atoms with Crippen molar-refractivity contribution in [3.8, 4) is 11.5 Å². The molecule has 0 saturated carbocycles. The van der Waals surface area contributed by atoms with Gasteiger partial charge in [-0.15, -0.1) is 0 Å². The van der Waals surface area contributed by atoms with Crippen molar-refractivity contribution in [3.05, 3.63) is 84.2 Å². The molecule has 0 bridgehead atoms. The summed E-state index contributed by atoms with van der Waals surface area (Å²) in [5.74, 6) is 0.206. The molecule has 0 aliphatic carbocycles. The number of carbonyl (C=O) groups excluding carboxylic acids is 1. The molecule has 1 atom stereocenters. The molecule has 0 aliphatic rings. The smallest absolute Gasteiger partial charge is 0.264 e. The van der Waals surface area contributed by atoms with E-state index in [0.29, 0.717) is 18.1 Å². The first-order chi connectivity index (χ1) is 16.2. The van der Waals surface area contributed by atoms with Gasteiger partial charge in [-0.25, -0.2) is 12.8 Å². The number of rotatable bonds is 10. The fourth-order valence-corrected chi connectivity index (χ4v) is 4.74. The Balaban J connectivity index is 1.86. The summed E-state index contributed by atoms with van der Waals surface area (Å²) in [4.78, 5) is 12.8. The van der Waals surface area contributed by atoms with Crippen molar-refractivity contribution >= 4 is 21.6 Å². The predicted octanol–water partition coefficient (Wildman–Crippen LogP) is 4.31. The minimum Gasteiger partial charge on any atom is -0.497 e. The van der Waals surface area contributed by atoms with Gasteiger partial charge in [-0.3, -0.25) is 9.10 Å². The average Bonchev–Trinajstić information content (AvgIpc) is 2.83. The number of amides is 1. The van der Waals surface area contributed by atoms with Crippen LogP contribution in [0.2, 0.25) is 0 Å². The second-order valence-corrected chi connectivity index (χ2v) is 9.32. The highest BCUT2D eigenvalue weighted by atomic mass is 32.2. The van der Waals surface area contributed by atoms with Gasteiger partial charge in [-0.05, 0) is 80.1 Å². The average molecular weight is 487 g/mol. The van der Waals surface area contributed by atoms with Gasteiger partial charge in [0.05, 0.1) is 30.3 Å². The van der Waals surface area contributed by atoms with Crippen molar-refractivity contribution in [1.29, 1.82) is 0 Å². The van der Waals surface area contributed by atoms with Gasteiger partial charge in [0, 0.05) is 0 Å². The number of benzene rings is 3. The van der Waals surface area contributed by atoms with Crippen molar-refractivity contribution in [2.24, 2.45) is 0 Å². The molecule has 1 N–H and O–H groups in total. The van der Waals surface area contributed by atoms with Crippen LogP contribution in [0.1, 0.15) is 25.5 Å². The van der Waals surface area contributed by atoms with Crippen LogP contribution < -0.4 is 19.1 Å². The third kappa shape index (κ3) is 6.05. The highest BCUT2D eigenvalue weighted by Gasteiger charge is 2.28. The molecule has 7 nitrogen and oxygen atoms in total. The number of methoxy groups -OCH3 is 1. The summed E-state index contributed by atoms with van der Waals surface area (Å²) < 4.78 is 51.7. The molecule has 3 rings (SSSR count). The van der Waals surface area contributed by atoms with E-state index in [2.05, 4.69) is 5.32 Å². The van der Waals surface area contributed by atoms with Crippen LogP contribution in [0.25, 0.3) is 0 Å². The van der Waals surface area contributed by atoms with Crippen molar-refractivity contribution in [1.82, 2.24) is 5.32 Å². The van der Waals surface area contributed by atoms with Gasteiger partial charge in [0.25, 0.3) is 10.0 Å². The van der Waals surface area contributed by atoms with Gasteiger partial charge in [0.2, 0.25) is 5.91 Å². The number of anilines is 1. The molecule has 0 radical (unpaired) electrons. The monoisotopic (exact) mass is 486 g/mol. The first-order valence-corrected chi connectivity index (χ1v) is 12.1. The third-order valence-electron chi connectivity index (χ3n) is 5.12. The van der Waals surface area contributed by atoms with Gasteiger partial charge in [-0.1, -0.05) is 12.1 Å². The number of nitrogens with one attached hydrogen (secondary N) is 1. The number of nitrogens with zero attached hydrogens (tertiary/aromatic N) is 1. The number of halogens is 1. The molecule has 3 aromatic rings. The number of carbonyl (C=O) groups is 1. The topological polar surface area (TPSA) is 84.9 Å². The third-order valence-corrected chi connectivity index (χ3v) is 6.91. The van der Waals surface area contributed by atoms with Crippen molar-refractivity contribution in [2.45, 2.75) is 24.8 Å². The van der Waals surface area contributed by atoms with E-state index in [9.17, 15) is 17.6 Å².